The number of amides is 2. The minimum atomic E-state index is -0.436. The van der Waals surface area contributed by atoms with E-state index in [1.54, 1.807) is 25.1 Å². The highest BCUT2D eigenvalue weighted by atomic mass is 16.5. The lowest BCUT2D eigenvalue weighted by atomic mass is 10.0. The summed E-state index contributed by atoms with van der Waals surface area (Å²) in [5.41, 5.74) is 5.10. The molecular formula is C22H27N3O4. The summed E-state index contributed by atoms with van der Waals surface area (Å²) >= 11 is 0. The lowest BCUT2D eigenvalue weighted by Gasteiger charge is -2.13. The molecule has 29 heavy (non-hydrogen) atoms. The molecule has 0 unspecified atom stereocenters. The Morgan fingerprint density at radius 3 is 2.45 bits per heavy atom. The zero-order valence-corrected chi connectivity index (χ0v) is 17.4. The van der Waals surface area contributed by atoms with E-state index in [0.717, 1.165) is 11.3 Å². The Bertz CT molecular complexity index is 907. The van der Waals surface area contributed by atoms with Crippen LogP contribution in [-0.2, 0) is 4.79 Å². The van der Waals surface area contributed by atoms with Gasteiger partial charge in [0.25, 0.3) is 5.91 Å². The molecule has 2 rings (SSSR count). The third kappa shape index (κ3) is 6.07. The van der Waals surface area contributed by atoms with Gasteiger partial charge in [-0.15, -0.1) is 0 Å². The number of anilines is 1. The SMILES string of the molecule is COc1ccc(C(=O)NN=C(C)CC(=O)Nc2ccccc2C(C)C)c(OC)c1. The first-order valence-electron chi connectivity index (χ1n) is 9.30. The number of hydrogen-bond donors (Lipinski definition) is 2. The van der Waals surface area contributed by atoms with Gasteiger partial charge >= 0.3 is 0 Å². The Morgan fingerprint density at radius 2 is 1.79 bits per heavy atom. The second-order valence-corrected chi connectivity index (χ2v) is 6.82. The number of hydrogen-bond acceptors (Lipinski definition) is 5. The minimum absolute atomic E-state index is 0.0620. The van der Waals surface area contributed by atoms with E-state index in [4.69, 9.17) is 9.47 Å². The van der Waals surface area contributed by atoms with Crippen LogP contribution in [0.3, 0.4) is 0 Å². The van der Waals surface area contributed by atoms with Crippen molar-refractivity contribution in [3.8, 4) is 11.5 Å². The molecule has 154 valence electrons. The average Bonchev–Trinajstić information content (AvgIpc) is 2.71. The predicted octanol–water partition coefficient (Wildman–Crippen LogP) is 3.96. The summed E-state index contributed by atoms with van der Waals surface area (Å²) in [6, 6.07) is 12.6. The minimum Gasteiger partial charge on any atom is -0.497 e. The molecule has 0 radical (unpaired) electrons. The number of hydrazone groups is 1. The first-order valence-corrected chi connectivity index (χ1v) is 9.30. The van der Waals surface area contributed by atoms with Crippen LogP contribution < -0.4 is 20.2 Å². The first-order chi connectivity index (χ1) is 13.8. The number of rotatable bonds is 8. The van der Waals surface area contributed by atoms with E-state index >= 15 is 0 Å². The van der Waals surface area contributed by atoms with Gasteiger partial charge in [-0.3, -0.25) is 9.59 Å². The molecule has 0 aliphatic rings. The Balaban J connectivity index is 2.00. The van der Waals surface area contributed by atoms with Gasteiger partial charge in [-0.2, -0.15) is 5.10 Å². The predicted molar refractivity (Wildman–Crippen MR) is 114 cm³/mol. The molecule has 7 heteroatoms. The van der Waals surface area contributed by atoms with Gasteiger partial charge in [0.15, 0.2) is 0 Å². The van der Waals surface area contributed by atoms with Crippen molar-refractivity contribution in [3.05, 3.63) is 53.6 Å². The van der Waals surface area contributed by atoms with Gasteiger partial charge in [0.05, 0.1) is 26.2 Å². The molecule has 2 aromatic rings. The van der Waals surface area contributed by atoms with E-state index in [-0.39, 0.29) is 12.3 Å². The monoisotopic (exact) mass is 397 g/mol. The number of nitrogens with one attached hydrogen (secondary N) is 2. The van der Waals surface area contributed by atoms with Crippen molar-refractivity contribution in [1.29, 1.82) is 0 Å². The van der Waals surface area contributed by atoms with Crippen LogP contribution >= 0.6 is 0 Å². The molecule has 0 bridgehead atoms. The van der Waals surface area contributed by atoms with Crippen LogP contribution in [0, 0.1) is 0 Å². The molecule has 0 spiro atoms. The number of ether oxygens (including phenoxy) is 2. The highest BCUT2D eigenvalue weighted by molar-refractivity contribution is 6.06. The highest BCUT2D eigenvalue weighted by Crippen LogP contribution is 2.25. The van der Waals surface area contributed by atoms with Crippen molar-refractivity contribution in [3.63, 3.8) is 0 Å². The zero-order chi connectivity index (χ0) is 21.4. The molecule has 0 atom stereocenters. The molecule has 2 N–H and O–H groups in total. The molecule has 0 fully saturated rings. The van der Waals surface area contributed by atoms with Gasteiger partial charge in [-0.1, -0.05) is 32.0 Å². The lowest BCUT2D eigenvalue weighted by molar-refractivity contribution is -0.115. The van der Waals surface area contributed by atoms with Crippen LogP contribution in [0.5, 0.6) is 11.5 Å². The first kappa shape index (κ1) is 21.9. The van der Waals surface area contributed by atoms with E-state index in [1.807, 2.05) is 24.3 Å². The molecule has 7 nitrogen and oxygen atoms in total. The zero-order valence-electron chi connectivity index (χ0n) is 17.4. The van der Waals surface area contributed by atoms with Crippen molar-refractivity contribution in [1.82, 2.24) is 5.43 Å². The number of benzene rings is 2. The largest absolute Gasteiger partial charge is 0.497 e. The second-order valence-electron chi connectivity index (χ2n) is 6.82. The van der Waals surface area contributed by atoms with Crippen LogP contribution in [0.25, 0.3) is 0 Å². The maximum atomic E-state index is 12.4. The van der Waals surface area contributed by atoms with E-state index in [0.29, 0.717) is 28.7 Å². The number of nitrogens with zero attached hydrogens (tertiary/aromatic N) is 1. The Morgan fingerprint density at radius 1 is 1.07 bits per heavy atom. The molecule has 0 saturated carbocycles. The van der Waals surface area contributed by atoms with Gasteiger partial charge in [0.2, 0.25) is 5.91 Å². The van der Waals surface area contributed by atoms with Gasteiger partial charge in [-0.05, 0) is 36.6 Å². The fourth-order valence-electron chi connectivity index (χ4n) is 2.77. The van der Waals surface area contributed by atoms with Crippen molar-refractivity contribution in [2.24, 2.45) is 5.10 Å². The molecule has 2 amide bonds. The third-order valence-corrected chi connectivity index (χ3v) is 4.27. The summed E-state index contributed by atoms with van der Waals surface area (Å²) in [4.78, 5) is 24.7. The summed E-state index contributed by atoms with van der Waals surface area (Å²) in [5, 5.41) is 6.93. The summed E-state index contributed by atoms with van der Waals surface area (Å²) in [6.07, 6.45) is 0.0620. The molecule has 0 aliphatic heterocycles. The Kier molecular flexibility index (Phi) is 7.77. The summed E-state index contributed by atoms with van der Waals surface area (Å²) in [7, 11) is 3.01. The standard InChI is InChI=1S/C22H27N3O4/c1-14(2)17-8-6-7-9-19(17)23-21(26)12-15(3)24-25-22(27)18-11-10-16(28-4)13-20(18)29-5/h6-11,13-14H,12H2,1-5H3,(H,23,26)(H,25,27). The topological polar surface area (TPSA) is 89.0 Å². The quantitative estimate of drug-likeness (QED) is 0.521. The molecule has 0 aromatic heterocycles. The normalized spacial score (nSPS) is 11.2. The highest BCUT2D eigenvalue weighted by Gasteiger charge is 2.14. The van der Waals surface area contributed by atoms with Crippen LogP contribution in [-0.4, -0.2) is 31.7 Å². The summed E-state index contributed by atoms with van der Waals surface area (Å²) in [5.74, 6) is 0.610. The van der Waals surface area contributed by atoms with Crippen LogP contribution in [0.1, 0.15) is 49.0 Å². The average molecular weight is 397 g/mol. The van der Waals surface area contributed by atoms with Crippen molar-refractivity contribution < 1.29 is 19.1 Å². The Labute approximate surface area is 171 Å². The molecular weight excluding hydrogens is 370 g/mol. The molecule has 0 heterocycles. The maximum absolute atomic E-state index is 12.4. The van der Waals surface area contributed by atoms with Crippen LogP contribution in [0.2, 0.25) is 0 Å². The van der Waals surface area contributed by atoms with Gasteiger partial charge < -0.3 is 14.8 Å². The Hall–Kier alpha value is -3.35. The number of carbonyl (C=O) groups excluding carboxylic acids is 2. The maximum Gasteiger partial charge on any atom is 0.275 e. The lowest BCUT2D eigenvalue weighted by Crippen LogP contribution is -2.22. The van der Waals surface area contributed by atoms with Crippen LogP contribution in [0.4, 0.5) is 5.69 Å². The van der Waals surface area contributed by atoms with E-state index in [2.05, 4.69) is 29.7 Å². The van der Waals surface area contributed by atoms with E-state index in [1.165, 1.54) is 14.2 Å². The molecule has 0 aliphatic carbocycles. The van der Waals surface area contributed by atoms with Crippen LogP contribution in [0.15, 0.2) is 47.6 Å². The fraction of sp³-hybridized carbons (Fsp3) is 0.318. The van der Waals surface area contributed by atoms with Gasteiger partial charge in [-0.25, -0.2) is 5.43 Å². The fourth-order valence-corrected chi connectivity index (χ4v) is 2.77. The van der Waals surface area contributed by atoms with Crippen molar-refractivity contribution in [2.45, 2.75) is 33.1 Å². The smallest absolute Gasteiger partial charge is 0.275 e. The molecule has 2 aromatic carbocycles. The van der Waals surface area contributed by atoms with E-state index < -0.39 is 5.91 Å². The number of methoxy groups -OCH3 is 2. The van der Waals surface area contributed by atoms with Gasteiger partial charge in [0, 0.05) is 17.5 Å². The van der Waals surface area contributed by atoms with Crippen molar-refractivity contribution in [2.75, 3.05) is 19.5 Å². The number of carbonyl (C=O) groups is 2. The van der Waals surface area contributed by atoms with E-state index in [9.17, 15) is 9.59 Å². The summed E-state index contributed by atoms with van der Waals surface area (Å²) < 4.78 is 10.3. The summed E-state index contributed by atoms with van der Waals surface area (Å²) in [6.45, 7) is 5.82. The van der Waals surface area contributed by atoms with Crippen molar-refractivity contribution >= 4 is 23.2 Å². The third-order valence-electron chi connectivity index (χ3n) is 4.27. The van der Waals surface area contributed by atoms with Gasteiger partial charge in [0.1, 0.15) is 11.5 Å². The second kappa shape index (κ2) is 10.3. The molecule has 0 saturated heterocycles. The number of para-hydroxylation sites is 1.